The summed E-state index contributed by atoms with van der Waals surface area (Å²) < 4.78 is 4.79. The Balaban J connectivity index is 4.19. The van der Waals surface area contributed by atoms with Crippen LogP contribution in [0.2, 0.25) is 0 Å². The summed E-state index contributed by atoms with van der Waals surface area (Å²) >= 11 is 4.75. The molecule has 0 unspecified atom stereocenters. The lowest BCUT2D eigenvalue weighted by molar-refractivity contribution is -0.114. The van der Waals surface area contributed by atoms with Crippen molar-refractivity contribution in [1.29, 1.82) is 0 Å². The van der Waals surface area contributed by atoms with Crippen LogP contribution in [-0.2, 0) is 9.53 Å². The molecular formula is C8H14N2O4S. The van der Waals surface area contributed by atoms with Crippen molar-refractivity contribution < 1.29 is 19.7 Å². The van der Waals surface area contributed by atoms with Gasteiger partial charge in [0.15, 0.2) is 5.57 Å². The average Bonchev–Trinajstić information content (AvgIpc) is 2.11. The van der Waals surface area contributed by atoms with Gasteiger partial charge in [-0.2, -0.15) is 0 Å². The van der Waals surface area contributed by atoms with Crippen molar-refractivity contribution in [3.8, 4) is 0 Å². The third-order valence-electron chi connectivity index (χ3n) is 1.51. The summed E-state index contributed by atoms with van der Waals surface area (Å²) in [6.45, 7) is 0.993. The topological polar surface area (TPSA) is 105 Å². The number of ether oxygens (including phenoxy) is 1. The molecule has 0 aromatic carbocycles. The van der Waals surface area contributed by atoms with E-state index in [0.29, 0.717) is 19.6 Å². The number of primary amides is 1. The van der Waals surface area contributed by atoms with Gasteiger partial charge in [-0.25, -0.2) is 0 Å². The molecule has 0 bridgehead atoms. The first-order chi connectivity index (χ1) is 7.00. The zero-order valence-corrected chi connectivity index (χ0v) is 9.13. The van der Waals surface area contributed by atoms with Gasteiger partial charge in [-0.15, -0.1) is 0 Å². The summed E-state index contributed by atoms with van der Waals surface area (Å²) in [5.74, 6) is -2.16. The van der Waals surface area contributed by atoms with Crippen LogP contribution in [0.25, 0.3) is 0 Å². The van der Waals surface area contributed by atoms with Gasteiger partial charge < -0.3 is 26.0 Å². The van der Waals surface area contributed by atoms with E-state index in [1.165, 1.54) is 0 Å². The number of amides is 1. The number of aliphatic hydroxyl groups excluding tert-OH is 1. The van der Waals surface area contributed by atoms with Crippen LogP contribution in [0, 0.1) is 0 Å². The van der Waals surface area contributed by atoms with Crippen molar-refractivity contribution in [2.45, 2.75) is 6.42 Å². The predicted octanol–water partition coefficient (Wildman–Crippen LogP) is -0.247. The summed E-state index contributed by atoms with van der Waals surface area (Å²) in [6.07, 6.45) is 0.675. The lowest BCUT2D eigenvalue weighted by atomic mass is 10.2. The second kappa shape index (κ2) is 7.02. The number of nitrogens with one attached hydrogen (secondary N) is 1. The fourth-order valence-corrected chi connectivity index (χ4v) is 1.12. The van der Waals surface area contributed by atoms with Gasteiger partial charge in [0.25, 0.3) is 11.9 Å². The molecule has 6 nitrogen and oxygen atoms in total. The van der Waals surface area contributed by atoms with E-state index in [0.717, 1.165) is 0 Å². The number of carbonyl (C=O) groups excluding carboxylic acids is 1. The molecule has 0 aliphatic carbocycles. The number of carbonyl (C=O) groups is 1. The lowest BCUT2D eigenvalue weighted by Gasteiger charge is -2.08. The fraction of sp³-hybridized carbons (Fsp3) is 0.500. The van der Waals surface area contributed by atoms with Crippen LogP contribution in [0.3, 0.4) is 0 Å². The predicted molar refractivity (Wildman–Crippen MR) is 58.6 cm³/mol. The molecule has 0 heterocycles. The van der Waals surface area contributed by atoms with Crippen LogP contribution in [0.4, 0.5) is 0 Å². The number of rotatable bonds is 6. The average molecular weight is 234 g/mol. The van der Waals surface area contributed by atoms with E-state index >= 15 is 0 Å². The van der Waals surface area contributed by atoms with Gasteiger partial charge in [0, 0.05) is 20.3 Å². The largest absolute Gasteiger partial charge is 0.480 e. The van der Waals surface area contributed by atoms with Crippen molar-refractivity contribution in [1.82, 2.24) is 5.32 Å². The molecule has 0 atom stereocenters. The zero-order valence-electron chi connectivity index (χ0n) is 8.32. The van der Waals surface area contributed by atoms with E-state index in [-0.39, 0.29) is 4.99 Å². The summed E-state index contributed by atoms with van der Waals surface area (Å²) in [5, 5.41) is 20.1. The van der Waals surface area contributed by atoms with Gasteiger partial charge in [0.05, 0.1) is 0 Å². The molecule has 0 saturated heterocycles. The number of thiocarbonyl (C=S) groups is 1. The highest BCUT2D eigenvalue weighted by Gasteiger charge is 2.16. The molecule has 0 saturated carbocycles. The van der Waals surface area contributed by atoms with Crippen LogP contribution in [0.15, 0.2) is 11.5 Å². The second-order valence-electron chi connectivity index (χ2n) is 2.67. The van der Waals surface area contributed by atoms with E-state index in [1.807, 2.05) is 0 Å². The highest BCUT2D eigenvalue weighted by Crippen LogP contribution is 2.00. The third-order valence-corrected chi connectivity index (χ3v) is 1.86. The highest BCUT2D eigenvalue weighted by molar-refractivity contribution is 7.80. The van der Waals surface area contributed by atoms with Crippen LogP contribution in [0.1, 0.15) is 6.42 Å². The van der Waals surface area contributed by atoms with Crippen molar-refractivity contribution in [3.05, 3.63) is 11.5 Å². The summed E-state index contributed by atoms with van der Waals surface area (Å²) in [7, 11) is 1.56. The van der Waals surface area contributed by atoms with Gasteiger partial charge in [-0.3, -0.25) is 4.79 Å². The van der Waals surface area contributed by atoms with Crippen LogP contribution in [0.5, 0.6) is 0 Å². The minimum absolute atomic E-state index is 0.0846. The molecule has 0 fully saturated rings. The molecule has 0 aliphatic rings. The minimum Gasteiger partial charge on any atom is -0.480 e. The Labute approximate surface area is 92.7 Å². The van der Waals surface area contributed by atoms with Crippen molar-refractivity contribution in [2.24, 2.45) is 5.73 Å². The maximum absolute atomic E-state index is 10.8. The Morgan fingerprint density at radius 2 is 2.13 bits per heavy atom. The molecule has 1 amide bonds. The lowest BCUT2D eigenvalue weighted by Crippen LogP contribution is -2.32. The first-order valence-electron chi connectivity index (χ1n) is 4.19. The van der Waals surface area contributed by atoms with E-state index in [2.05, 4.69) is 5.32 Å². The Bertz CT molecular complexity index is 274. The minimum atomic E-state index is -1.17. The maximum Gasteiger partial charge on any atom is 0.290 e. The van der Waals surface area contributed by atoms with Crippen molar-refractivity contribution in [3.63, 3.8) is 0 Å². The smallest absolute Gasteiger partial charge is 0.290 e. The first kappa shape index (κ1) is 13.7. The Hall–Kier alpha value is -1.34. The number of nitrogens with two attached hydrogens (primary N) is 1. The molecule has 0 radical (unpaired) electrons. The van der Waals surface area contributed by atoms with Crippen LogP contribution < -0.4 is 11.1 Å². The third kappa shape index (κ3) is 5.18. The van der Waals surface area contributed by atoms with E-state index < -0.39 is 17.4 Å². The molecule has 0 rings (SSSR count). The summed E-state index contributed by atoms with van der Waals surface area (Å²) in [4.78, 5) is 10.7. The Kier molecular flexibility index (Phi) is 6.39. The number of hydrogen-bond donors (Lipinski definition) is 4. The molecule has 5 N–H and O–H groups in total. The molecule has 15 heavy (non-hydrogen) atoms. The zero-order chi connectivity index (χ0) is 11.8. The SMILES string of the molecule is COCCCNC(=S)C(C(N)=O)=C(O)O. The van der Waals surface area contributed by atoms with Gasteiger partial charge in [0.2, 0.25) is 0 Å². The second-order valence-corrected chi connectivity index (χ2v) is 3.07. The standard InChI is InChI=1S/C8H14N2O4S/c1-14-4-2-3-10-7(15)5(6(9)11)8(12)13/h12-13H,2-4H2,1H3,(H2,9,11)(H,10,15). The van der Waals surface area contributed by atoms with Crippen LogP contribution >= 0.6 is 12.2 Å². The number of methoxy groups -OCH3 is 1. The fourth-order valence-electron chi connectivity index (χ4n) is 0.830. The normalized spacial score (nSPS) is 9.40. The van der Waals surface area contributed by atoms with Crippen molar-refractivity contribution in [2.75, 3.05) is 20.3 Å². The van der Waals surface area contributed by atoms with E-state index in [1.54, 1.807) is 7.11 Å². The molecule has 0 spiro atoms. The Morgan fingerprint density at radius 1 is 1.53 bits per heavy atom. The van der Waals surface area contributed by atoms with Gasteiger partial charge in [-0.05, 0) is 6.42 Å². The van der Waals surface area contributed by atoms with E-state index in [4.69, 9.17) is 32.9 Å². The molecular weight excluding hydrogens is 220 g/mol. The quantitative estimate of drug-likeness (QED) is 0.219. The molecule has 0 aromatic rings. The molecule has 0 aromatic heterocycles. The highest BCUT2D eigenvalue weighted by atomic mass is 32.1. The van der Waals surface area contributed by atoms with Crippen LogP contribution in [-0.4, -0.2) is 41.4 Å². The number of aliphatic hydroxyl groups is 2. The summed E-state index contributed by atoms with van der Waals surface area (Å²) in [5.41, 5.74) is 4.42. The first-order valence-corrected chi connectivity index (χ1v) is 4.60. The summed E-state index contributed by atoms with van der Waals surface area (Å²) in [6, 6.07) is 0. The monoisotopic (exact) mass is 234 g/mol. The molecule has 86 valence electrons. The molecule has 0 aliphatic heterocycles. The van der Waals surface area contributed by atoms with Gasteiger partial charge >= 0.3 is 0 Å². The van der Waals surface area contributed by atoms with Gasteiger partial charge in [0.1, 0.15) is 4.99 Å². The molecule has 7 heteroatoms. The number of hydrogen-bond acceptors (Lipinski definition) is 5. The van der Waals surface area contributed by atoms with Gasteiger partial charge in [-0.1, -0.05) is 12.2 Å². The maximum atomic E-state index is 10.8. The Morgan fingerprint density at radius 3 is 2.53 bits per heavy atom. The van der Waals surface area contributed by atoms with E-state index in [9.17, 15) is 4.79 Å². The van der Waals surface area contributed by atoms with Crippen molar-refractivity contribution >= 4 is 23.1 Å².